The van der Waals surface area contributed by atoms with Gasteiger partial charge < -0.3 is 16.4 Å². The van der Waals surface area contributed by atoms with Gasteiger partial charge in [0.25, 0.3) is 5.91 Å². The molecule has 7 nitrogen and oxygen atoms in total. The van der Waals surface area contributed by atoms with Crippen LogP contribution in [0.5, 0.6) is 0 Å². The van der Waals surface area contributed by atoms with Gasteiger partial charge in [0.15, 0.2) is 5.82 Å². The summed E-state index contributed by atoms with van der Waals surface area (Å²) in [4.78, 5) is 23.8. The maximum absolute atomic E-state index is 13.9. The van der Waals surface area contributed by atoms with Gasteiger partial charge in [-0.3, -0.25) is 9.78 Å². The van der Waals surface area contributed by atoms with Crippen molar-refractivity contribution in [3.05, 3.63) is 59.3 Å². The monoisotopic (exact) mass is 408 g/mol. The quantitative estimate of drug-likeness (QED) is 0.542. The van der Waals surface area contributed by atoms with Crippen LogP contribution in [0.4, 0.5) is 23.4 Å². The van der Waals surface area contributed by atoms with Crippen molar-refractivity contribution in [1.29, 1.82) is 0 Å². The van der Waals surface area contributed by atoms with Crippen molar-refractivity contribution < 1.29 is 22.4 Å². The van der Waals surface area contributed by atoms with Crippen molar-refractivity contribution in [3.63, 3.8) is 0 Å². The summed E-state index contributed by atoms with van der Waals surface area (Å²) in [6.07, 6.45) is -2.18. The minimum atomic E-state index is -4.69. The largest absolute Gasteiger partial charge is 0.416 e. The Balaban J connectivity index is 2.06. The van der Waals surface area contributed by atoms with Crippen LogP contribution in [0.3, 0.4) is 0 Å². The molecule has 11 heteroatoms. The van der Waals surface area contributed by atoms with E-state index < -0.39 is 29.5 Å². The van der Waals surface area contributed by atoms with Crippen LogP contribution in [-0.2, 0) is 6.18 Å². The molecule has 0 radical (unpaired) electrons. The van der Waals surface area contributed by atoms with Crippen molar-refractivity contribution in [2.45, 2.75) is 12.2 Å². The number of fused-ring (bicyclic) bond motifs is 1. The van der Waals surface area contributed by atoms with Gasteiger partial charge in [0, 0.05) is 12.7 Å². The van der Waals surface area contributed by atoms with Gasteiger partial charge in [0.2, 0.25) is 0 Å². The molecule has 0 bridgehead atoms. The number of benzene rings is 1. The molecule has 1 atom stereocenters. The second kappa shape index (κ2) is 7.95. The van der Waals surface area contributed by atoms with E-state index in [0.717, 1.165) is 12.1 Å². The Morgan fingerprint density at radius 2 is 1.93 bits per heavy atom. The molecule has 3 aromatic rings. The Morgan fingerprint density at radius 3 is 2.59 bits per heavy atom. The third kappa shape index (κ3) is 4.40. The number of alkyl halides is 3. The fourth-order valence-corrected chi connectivity index (χ4v) is 2.87. The molecule has 0 fully saturated rings. The third-order valence-corrected chi connectivity index (χ3v) is 4.16. The number of nitrogens with two attached hydrogens (primary N) is 1. The molecule has 29 heavy (non-hydrogen) atoms. The van der Waals surface area contributed by atoms with Crippen molar-refractivity contribution in [1.82, 2.24) is 20.3 Å². The van der Waals surface area contributed by atoms with Gasteiger partial charge in [-0.25, -0.2) is 14.4 Å². The summed E-state index contributed by atoms with van der Waals surface area (Å²) in [5, 5.41) is 5.79. The Labute approximate surface area is 162 Å². The van der Waals surface area contributed by atoms with Crippen molar-refractivity contribution in [3.8, 4) is 0 Å². The highest BCUT2D eigenvalue weighted by molar-refractivity contribution is 6.05. The number of likely N-dealkylation sites (N-methyl/N-ethyl adjacent to an activating group) is 1. The van der Waals surface area contributed by atoms with E-state index >= 15 is 0 Å². The van der Waals surface area contributed by atoms with E-state index in [9.17, 15) is 22.4 Å². The first-order valence-corrected chi connectivity index (χ1v) is 8.39. The summed E-state index contributed by atoms with van der Waals surface area (Å²) in [5.74, 6) is -1.57. The smallest absolute Gasteiger partial charge is 0.366 e. The first-order valence-electron chi connectivity index (χ1n) is 8.39. The minimum absolute atomic E-state index is 0.0597. The molecule has 0 aliphatic heterocycles. The van der Waals surface area contributed by atoms with E-state index in [0.29, 0.717) is 6.07 Å². The van der Waals surface area contributed by atoms with E-state index in [1.807, 2.05) is 0 Å². The second-order valence-corrected chi connectivity index (χ2v) is 6.17. The van der Waals surface area contributed by atoms with E-state index in [4.69, 9.17) is 5.73 Å². The maximum atomic E-state index is 13.9. The molecule has 0 saturated heterocycles. The molecule has 1 amide bonds. The fraction of sp³-hybridized carbons (Fsp3) is 0.222. The number of carbonyl (C=O) groups is 1. The fourth-order valence-electron chi connectivity index (χ4n) is 2.87. The zero-order valence-corrected chi connectivity index (χ0v) is 15.1. The number of carbonyl (C=O) groups excluding carboxylic acids is 1. The average Bonchev–Trinajstić information content (AvgIpc) is 2.66. The highest BCUT2D eigenvalue weighted by atomic mass is 19.4. The number of amides is 1. The molecule has 1 aromatic carbocycles. The Hall–Kier alpha value is -3.34. The van der Waals surface area contributed by atoms with Crippen LogP contribution in [0, 0.1) is 5.82 Å². The summed E-state index contributed by atoms with van der Waals surface area (Å²) < 4.78 is 53.1. The molecule has 0 aliphatic rings. The number of hydrogen-bond donors (Lipinski definition) is 3. The molecule has 3 rings (SSSR count). The number of rotatable bonds is 6. The lowest BCUT2D eigenvalue weighted by atomic mass is 10.0. The number of nitrogens with one attached hydrogen (secondary N) is 2. The van der Waals surface area contributed by atoms with Crippen LogP contribution < -0.4 is 16.4 Å². The van der Waals surface area contributed by atoms with Gasteiger partial charge in [-0.15, -0.1) is 0 Å². The Kier molecular flexibility index (Phi) is 5.59. The number of pyridine rings is 1. The van der Waals surface area contributed by atoms with Gasteiger partial charge in [-0.1, -0.05) is 0 Å². The van der Waals surface area contributed by atoms with Crippen LogP contribution in [0.2, 0.25) is 0 Å². The summed E-state index contributed by atoms with van der Waals surface area (Å²) in [6, 6.07) is 2.92. The summed E-state index contributed by atoms with van der Waals surface area (Å²) in [6.45, 7) is 0.155. The van der Waals surface area contributed by atoms with Crippen molar-refractivity contribution in [2.75, 3.05) is 18.9 Å². The molecule has 152 valence electrons. The lowest BCUT2D eigenvalue weighted by Gasteiger charge is -2.21. The Bertz CT molecular complexity index is 1060. The number of nitrogens with zero attached hydrogens (tertiary/aromatic N) is 3. The predicted molar refractivity (Wildman–Crippen MR) is 97.5 cm³/mol. The molecule has 4 N–H and O–H groups in total. The van der Waals surface area contributed by atoms with Crippen molar-refractivity contribution in [2.24, 2.45) is 5.73 Å². The van der Waals surface area contributed by atoms with Gasteiger partial charge in [0.1, 0.15) is 23.2 Å². The van der Waals surface area contributed by atoms with Gasteiger partial charge in [0.05, 0.1) is 17.2 Å². The molecule has 0 aliphatic carbocycles. The van der Waals surface area contributed by atoms with E-state index in [2.05, 4.69) is 25.6 Å². The van der Waals surface area contributed by atoms with E-state index in [1.54, 1.807) is 7.05 Å². The summed E-state index contributed by atoms with van der Waals surface area (Å²) >= 11 is 0. The van der Waals surface area contributed by atoms with Crippen LogP contribution in [0.1, 0.15) is 27.5 Å². The highest BCUT2D eigenvalue weighted by Gasteiger charge is 2.32. The normalized spacial score (nSPS) is 12.7. The van der Waals surface area contributed by atoms with Crippen LogP contribution in [0.15, 0.2) is 36.8 Å². The highest BCUT2D eigenvalue weighted by Crippen LogP contribution is 2.32. The number of halogens is 4. The Morgan fingerprint density at radius 1 is 1.17 bits per heavy atom. The third-order valence-electron chi connectivity index (χ3n) is 4.16. The van der Waals surface area contributed by atoms with Gasteiger partial charge in [-0.2, -0.15) is 13.2 Å². The van der Waals surface area contributed by atoms with Gasteiger partial charge in [-0.05, 0) is 36.9 Å². The number of primary amides is 1. The predicted octanol–water partition coefficient (Wildman–Crippen LogP) is 2.65. The first kappa shape index (κ1) is 20.4. The van der Waals surface area contributed by atoms with Crippen LogP contribution >= 0.6 is 0 Å². The van der Waals surface area contributed by atoms with Gasteiger partial charge >= 0.3 is 6.18 Å². The van der Waals surface area contributed by atoms with Crippen molar-refractivity contribution >= 4 is 22.8 Å². The molecular weight excluding hydrogens is 392 g/mol. The lowest BCUT2D eigenvalue weighted by molar-refractivity contribution is -0.137. The van der Waals surface area contributed by atoms with Crippen LogP contribution in [0.25, 0.3) is 11.0 Å². The number of anilines is 1. The zero-order valence-electron chi connectivity index (χ0n) is 15.1. The standard InChI is InChI=1S/C18H16F4N6O/c1-24-7-13(9-4-10(18(20,21)22)6-11(19)5-9)28-17-15-14(26-8-27-17)12(16(23)29)2-3-25-15/h2-6,8,13,24H,7H2,1H3,(H2,23,29)(H,26,27,28). The molecule has 2 aromatic heterocycles. The molecule has 0 saturated carbocycles. The number of aromatic nitrogens is 3. The maximum Gasteiger partial charge on any atom is 0.416 e. The molecule has 2 heterocycles. The lowest BCUT2D eigenvalue weighted by Crippen LogP contribution is -2.25. The van der Waals surface area contributed by atoms with E-state index in [-0.39, 0.29) is 34.5 Å². The molecule has 1 unspecified atom stereocenters. The first-order chi connectivity index (χ1) is 13.7. The second-order valence-electron chi connectivity index (χ2n) is 6.17. The number of hydrogen-bond acceptors (Lipinski definition) is 6. The summed E-state index contributed by atoms with van der Waals surface area (Å²) in [5.41, 5.74) is 4.82. The summed E-state index contributed by atoms with van der Waals surface area (Å²) in [7, 11) is 1.60. The van der Waals surface area contributed by atoms with Crippen LogP contribution in [-0.4, -0.2) is 34.5 Å². The van der Waals surface area contributed by atoms with E-state index in [1.165, 1.54) is 18.6 Å². The zero-order chi connectivity index (χ0) is 21.2. The molecule has 0 spiro atoms. The minimum Gasteiger partial charge on any atom is -0.366 e. The molecular formula is C18H16F4N6O. The topological polar surface area (TPSA) is 106 Å². The average molecular weight is 408 g/mol. The SMILES string of the molecule is CNCC(Nc1ncnc2c(C(N)=O)ccnc12)c1cc(F)cc(C(F)(F)F)c1.